The fourth-order valence-corrected chi connectivity index (χ4v) is 4.66. The Morgan fingerprint density at radius 2 is 1.71 bits per heavy atom. The van der Waals surface area contributed by atoms with Crippen LogP contribution < -0.4 is 0 Å². The van der Waals surface area contributed by atoms with Gasteiger partial charge in [-0.25, -0.2) is 8.42 Å². The minimum absolute atomic E-state index is 0.0136. The van der Waals surface area contributed by atoms with Crippen molar-refractivity contribution < 1.29 is 13.2 Å². The molecule has 2 aromatic carbocycles. The molecule has 2 unspecified atom stereocenters. The molecule has 0 spiro atoms. The number of nitroso groups, excluding NO2 is 1. The third-order valence-electron chi connectivity index (χ3n) is 5.70. The number of sulfone groups is 1. The van der Waals surface area contributed by atoms with E-state index in [4.69, 9.17) is 4.74 Å². The summed E-state index contributed by atoms with van der Waals surface area (Å²) in [5, 5.41) is 3.49. The van der Waals surface area contributed by atoms with Crippen molar-refractivity contribution in [3.05, 3.63) is 70.1 Å². The van der Waals surface area contributed by atoms with Crippen molar-refractivity contribution in [2.24, 2.45) is 11.1 Å². The van der Waals surface area contributed by atoms with E-state index in [1.807, 2.05) is 24.3 Å². The highest BCUT2D eigenvalue weighted by molar-refractivity contribution is 7.90. The summed E-state index contributed by atoms with van der Waals surface area (Å²) in [6.45, 7) is 3.41. The molecule has 2 aromatic rings. The van der Waals surface area contributed by atoms with E-state index in [1.165, 1.54) is 6.26 Å². The lowest BCUT2D eigenvalue weighted by Crippen LogP contribution is -2.27. The van der Waals surface area contributed by atoms with Crippen molar-refractivity contribution in [2.45, 2.75) is 43.0 Å². The maximum absolute atomic E-state index is 11.8. The van der Waals surface area contributed by atoms with Crippen LogP contribution in [0.1, 0.15) is 41.9 Å². The predicted octanol–water partition coefficient (Wildman–Crippen LogP) is 4.48. The maximum atomic E-state index is 11.8. The van der Waals surface area contributed by atoms with E-state index < -0.39 is 9.84 Å². The van der Waals surface area contributed by atoms with Crippen LogP contribution in [0.2, 0.25) is 0 Å². The summed E-state index contributed by atoms with van der Waals surface area (Å²) in [6.07, 6.45) is 3.52. The fourth-order valence-electron chi connectivity index (χ4n) is 4.03. The topological polar surface area (TPSA) is 72.8 Å². The Kier molecular flexibility index (Phi) is 6.62. The van der Waals surface area contributed by atoms with Gasteiger partial charge < -0.3 is 4.74 Å². The van der Waals surface area contributed by atoms with E-state index in [0.29, 0.717) is 24.5 Å². The SMILES string of the molecule is Cc1ccccc1C(CC(N=O)C1CCOCC1)c1ccc(S(C)(=O)=O)cc1. The van der Waals surface area contributed by atoms with Crippen LogP contribution in [0.15, 0.2) is 58.6 Å². The Balaban J connectivity index is 1.95. The van der Waals surface area contributed by atoms with Gasteiger partial charge in [-0.2, -0.15) is 4.91 Å². The zero-order chi connectivity index (χ0) is 20.1. The highest BCUT2D eigenvalue weighted by Gasteiger charge is 2.29. The summed E-state index contributed by atoms with van der Waals surface area (Å²) in [6, 6.07) is 14.9. The molecule has 0 saturated carbocycles. The summed E-state index contributed by atoms with van der Waals surface area (Å²) in [5.41, 5.74) is 3.30. The van der Waals surface area contributed by atoms with Gasteiger partial charge in [0.1, 0.15) is 0 Å². The molecular weight excluding hydrogens is 374 g/mol. The molecule has 1 heterocycles. The molecule has 0 radical (unpaired) electrons. The largest absolute Gasteiger partial charge is 0.381 e. The van der Waals surface area contributed by atoms with Crippen LogP contribution in [0, 0.1) is 17.7 Å². The van der Waals surface area contributed by atoms with E-state index in [1.54, 1.807) is 12.1 Å². The molecule has 0 amide bonds. The average Bonchev–Trinajstić information content (AvgIpc) is 2.70. The predicted molar refractivity (Wildman–Crippen MR) is 110 cm³/mol. The van der Waals surface area contributed by atoms with Crippen molar-refractivity contribution in [1.29, 1.82) is 0 Å². The minimum atomic E-state index is -3.25. The van der Waals surface area contributed by atoms with Gasteiger partial charge in [-0.05, 0) is 60.9 Å². The molecule has 0 aliphatic carbocycles. The second-order valence-corrected chi connectivity index (χ2v) is 9.62. The summed E-state index contributed by atoms with van der Waals surface area (Å²) in [7, 11) is -3.25. The van der Waals surface area contributed by atoms with Gasteiger partial charge in [-0.1, -0.05) is 41.6 Å². The van der Waals surface area contributed by atoms with Crippen LogP contribution in [0.3, 0.4) is 0 Å². The van der Waals surface area contributed by atoms with E-state index in [9.17, 15) is 13.3 Å². The van der Waals surface area contributed by atoms with Gasteiger partial charge in [-0.15, -0.1) is 0 Å². The molecule has 0 N–H and O–H groups in total. The Morgan fingerprint density at radius 1 is 1.07 bits per heavy atom. The summed E-state index contributed by atoms with van der Waals surface area (Å²) in [5.74, 6) is 0.216. The smallest absolute Gasteiger partial charge is 0.175 e. The zero-order valence-corrected chi connectivity index (χ0v) is 17.2. The van der Waals surface area contributed by atoms with Crippen molar-refractivity contribution in [1.82, 2.24) is 0 Å². The first-order chi connectivity index (χ1) is 13.4. The van der Waals surface area contributed by atoms with Crippen LogP contribution in [0.4, 0.5) is 0 Å². The molecule has 150 valence electrons. The number of hydrogen-bond donors (Lipinski definition) is 0. The molecule has 1 aliphatic rings. The van der Waals surface area contributed by atoms with Crippen LogP contribution >= 0.6 is 0 Å². The fraction of sp³-hybridized carbons (Fsp3) is 0.455. The number of hydrogen-bond acceptors (Lipinski definition) is 5. The van der Waals surface area contributed by atoms with Gasteiger partial charge in [0.25, 0.3) is 0 Å². The molecular formula is C22H27NO4S. The second-order valence-electron chi connectivity index (χ2n) is 7.61. The van der Waals surface area contributed by atoms with Crippen molar-refractivity contribution in [3.8, 4) is 0 Å². The third-order valence-corrected chi connectivity index (χ3v) is 6.83. The van der Waals surface area contributed by atoms with Crippen molar-refractivity contribution in [2.75, 3.05) is 19.5 Å². The number of benzene rings is 2. The lowest BCUT2D eigenvalue weighted by molar-refractivity contribution is 0.0572. The zero-order valence-electron chi connectivity index (χ0n) is 16.4. The molecule has 1 aliphatic heterocycles. The number of nitrogens with zero attached hydrogens (tertiary/aromatic N) is 1. The Bertz CT molecular complexity index is 902. The number of aryl methyl sites for hydroxylation is 1. The Morgan fingerprint density at radius 3 is 2.29 bits per heavy atom. The van der Waals surface area contributed by atoms with Gasteiger partial charge in [0.2, 0.25) is 0 Å². The average molecular weight is 402 g/mol. The maximum Gasteiger partial charge on any atom is 0.175 e. The lowest BCUT2D eigenvalue weighted by Gasteiger charge is -2.29. The molecule has 3 rings (SSSR count). The highest BCUT2D eigenvalue weighted by atomic mass is 32.2. The number of rotatable bonds is 7. The molecule has 5 nitrogen and oxygen atoms in total. The van der Waals surface area contributed by atoms with Gasteiger partial charge in [0, 0.05) is 25.4 Å². The van der Waals surface area contributed by atoms with Gasteiger partial charge in [0.15, 0.2) is 9.84 Å². The highest BCUT2D eigenvalue weighted by Crippen LogP contribution is 2.36. The molecule has 1 saturated heterocycles. The first-order valence-corrected chi connectivity index (χ1v) is 11.5. The Labute approximate surface area is 167 Å². The second kappa shape index (κ2) is 8.97. The van der Waals surface area contributed by atoms with Gasteiger partial charge in [0.05, 0.1) is 10.9 Å². The van der Waals surface area contributed by atoms with Crippen molar-refractivity contribution >= 4 is 9.84 Å². The summed E-state index contributed by atoms with van der Waals surface area (Å²) < 4.78 is 29.0. The quantitative estimate of drug-likeness (QED) is 0.641. The molecule has 0 bridgehead atoms. The summed E-state index contributed by atoms with van der Waals surface area (Å²) in [4.78, 5) is 12.0. The standard InChI is InChI=1S/C22H27NO4S/c1-16-5-3-4-6-20(16)21(15-22(23-24)18-11-13-27-14-12-18)17-7-9-19(10-8-17)28(2,25)26/h3-10,18,21-22H,11-15H2,1-2H3. The molecule has 1 fully saturated rings. The van der Waals surface area contributed by atoms with Crippen LogP contribution in [-0.2, 0) is 14.6 Å². The normalized spacial score (nSPS) is 17.8. The summed E-state index contributed by atoms with van der Waals surface area (Å²) >= 11 is 0. The van der Waals surface area contributed by atoms with E-state index in [0.717, 1.165) is 29.5 Å². The lowest BCUT2D eigenvalue weighted by atomic mass is 9.79. The van der Waals surface area contributed by atoms with E-state index in [2.05, 4.69) is 24.2 Å². The first-order valence-electron chi connectivity index (χ1n) is 9.66. The minimum Gasteiger partial charge on any atom is -0.381 e. The van der Waals surface area contributed by atoms with Crippen LogP contribution in [0.25, 0.3) is 0 Å². The third kappa shape index (κ3) is 4.86. The van der Waals surface area contributed by atoms with Gasteiger partial charge in [-0.3, -0.25) is 0 Å². The van der Waals surface area contributed by atoms with E-state index in [-0.39, 0.29) is 17.9 Å². The van der Waals surface area contributed by atoms with E-state index >= 15 is 0 Å². The van der Waals surface area contributed by atoms with Crippen molar-refractivity contribution in [3.63, 3.8) is 0 Å². The first kappa shape index (κ1) is 20.7. The monoisotopic (exact) mass is 401 g/mol. The molecule has 28 heavy (non-hydrogen) atoms. The Hall–Kier alpha value is -2.05. The number of ether oxygens (including phenoxy) is 1. The van der Waals surface area contributed by atoms with Gasteiger partial charge >= 0.3 is 0 Å². The molecule has 2 atom stereocenters. The molecule has 6 heteroatoms. The molecule has 0 aromatic heterocycles. The van der Waals surface area contributed by atoms with Crippen LogP contribution in [0.5, 0.6) is 0 Å². The van der Waals surface area contributed by atoms with Crippen LogP contribution in [-0.4, -0.2) is 33.9 Å².